The zero-order chi connectivity index (χ0) is 12.3. The quantitative estimate of drug-likeness (QED) is 0.757. The number of nitrogens with two attached hydrogens (primary N) is 2. The highest BCUT2D eigenvalue weighted by Crippen LogP contribution is 2.15. The first-order valence-corrected chi connectivity index (χ1v) is 5.64. The molecule has 2 amide bonds. The highest BCUT2D eigenvalue weighted by atomic mass is 35.5. The molecular formula is C10H16ClN3O2S. The molecule has 1 heterocycles. The standard InChI is InChI=1S/C10H15N3O2S.ClH/c1-10(2,5-11)13-9(15)7-3-6(4-16-7)8(12)14;/h3-4H,5,11H2,1-2H3,(H2,12,14)(H,13,15);1H. The maximum atomic E-state index is 11.7. The molecule has 96 valence electrons. The molecular weight excluding hydrogens is 262 g/mol. The van der Waals surface area contributed by atoms with Crippen LogP contribution in [-0.4, -0.2) is 23.9 Å². The van der Waals surface area contributed by atoms with Gasteiger partial charge in [-0.05, 0) is 19.9 Å². The molecule has 0 unspecified atom stereocenters. The van der Waals surface area contributed by atoms with E-state index in [0.29, 0.717) is 17.0 Å². The Morgan fingerprint density at radius 3 is 2.47 bits per heavy atom. The summed E-state index contributed by atoms with van der Waals surface area (Å²) in [6, 6.07) is 1.48. The van der Waals surface area contributed by atoms with Crippen molar-refractivity contribution in [2.75, 3.05) is 6.54 Å². The first-order chi connectivity index (χ1) is 7.35. The Bertz CT molecular complexity index is 417. The molecule has 7 heteroatoms. The van der Waals surface area contributed by atoms with Crippen LogP contribution in [0.3, 0.4) is 0 Å². The molecule has 1 aromatic heterocycles. The summed E-state index contributed by atoms with van der Waals surface area (Å²) in [5, 5.41) is 4.33. The van der Waals surface area contributed by atoms with Crippen LogP contribution in [-0.2, 0) is 0 Å². The Labute approximate surface area is 110 Å². The van der Waals surface area contributed by atoms with Gasteiger partial charge in [0.05, 0.1) is 10.4 Å². The van der Waals surface area contributed by atoms with Crippen molar-refractivity contribution in [1.29, 1.82) is 0 Å². The SMILES string of the molecule is CC(C)(CN)NC(=O)c1cc(C(N)=O)cs1.Cl. The van der Waals surface area contributed by atoms with E-state index in [2.05, 4.69) is 5.32 Å². The second-order valence-electron chi connectivity index (χ2n) is 4.11. The van der Waals surface area contributed by atoms with Gasteiger partial charge in [0.2, 0.25) is 5.91 Å². The molecule has 0 radical (unpaired) electrons. The van der Waals surface area contributed by atoms with E-state index in [-0.39, 0.29) is 18.3 Å². The van der Waals surface area contributed by atoms with Crippen molar-refractivity contribution in [3.05, 3.63) is 21.9 Å². The smallest absolute Gasteiger partial charge is 0.261 e. The molecule has 0 spiro atoms. The average Bonchev–Trinajstić information content (AvgIpc) is 2.66. The maximum absolute atomic E-state index is 11.7. The molecule has 0 saturated heterocycles. The van der Waals surface area contributed by atoms with E-state index in [1.165, 1.54) is 17.4 Å². The molecule has 0 aliphatic carbocycles. The van der Waals surface area contributed by atoms with Crippen LogP contribution in [0.15, 0.2) is 11.4 Å². The molecule has 0 atom stereocenters. The van der Waals surface area contributed by atoms with Crippen LogP contribution in [0.25, 0.3) is 0 Å². The molecule has 0 saturated carbocycles. The largest absolute Gasteiger partial charge is 0.366 e. The molecule has 5 nitrogen and oxygen atoms in total. The molecule has 1 aromatic rings. The van der Waals surface area contributed by atoms with Gasteiger partial charge in [0.25, 0.3) is 5.91 Å². The van der Waals surface area contributed by atoms with Crippen LogP contribution in [0.1, 0.15) is 33.9 Å². The van der Waals surface area contributed by atoms with Gasteiger partial charge >= 0.3 is 0 Å². The lowest BCUT2D eigenvalue weighted by molar-refractivity contribution is 0.0920. The second kappa shape index (κ2) is 6.00. The van der Waals surface area contributed by atoms with Crippen LogP contribution in [0.4, 0.5) is 0 Å². The van der Waals surface area contributed by atoms with Gasteiger partial charge in [-0.1, -0.05) is 0 Å². The average molecular weight is 278 g/mol. The number of halogens is 1. The van der Waals surface area contributed by atoms with Crippen molar-refractivity contribution in [3.8, 4) is 0 Å². The number of primary amides is 1. The molecule has 1 rings (SSSR count). The fourth-order valence-corrected chi connectivity index (χ4v) is 1.80. The summed E-state index contributed by atoms with van der Waals surface area (Å²) in [7, 11) is 0. The number of rotatable bonds is 4. The van der Waals surface area contributed by atoms with Crippen molar-refractivity contribution in [1.82, 2.24) is 5.32 Å². The summed E-state index contributed by atoms with van der Waals surface area (Å²) in [5.74, 6) is -0.777. The Balaban J connectivity index is 0.00000256. The van der Waals surface area contributed by atoms with Crippen LogP contribution < -0.4 is 16.8 Å². The lowest BCUT2D eigenvalue weighted by atomic mass is 10.1. The number of hydrogen-bond donors (Lipinski definition) is 3. The van der Waals surface area contributed by atoms with Gasteiger partial charge in [-0.15, -0.1) is 23.7 Å². The van der Waals surface area contributed by atoms with Gasteiger partial charge in [0, 0.05) is 17.5 Å². The van der Waals surface area contributed by atoms with Gasteiger partial charge in [0.15, 0.2) is 0 Å². The Morgan fingerprint density at radius 1 is 1.47 bits per heavy atom. The molecule has 0 bridgehead atoms. The minimum Gasteiger partial charge on any atom is -0.366 e. The number of nitrogens with one attached hydrogen (secondary N) is 1. The van der Waals surface area contributed by atoms with Crippen LogP contribution in [0.2, 0.25) is 0 Å². The van der Waals surface area contributed by atoms with Crippen LogP contribution >= 0.6 is 23.7 Å². The molecule has 0 aliphatic rings. The summed E-state index contributed by atoms with van der Waals surface area (Å²) in [6.07, 6.45) is 0. The van der Waals surface area contributed by atoms with Crippen LogP contribution in [0, 0.1) is 0 Å². The van der Waals surface area contributed by atoms with Gasteiger partial charge in [-0.3, -0.25) is 9.59 Å². The molecule has 0 aromatic carbocycles. The van der Waals surface area contributed by atoms with E-state index in [1.54, 1.807) is 5.38 Å². The van der Waals surface area contributed by atoms with Crippen molar-refractivity contribution >= 4 is 35.6 Å². The predicted octanol–water partition coefficient (Wildman–Crippen LogP) is 0.736. The summed E-state index contributed by atoms with van der Waals surface area (Å²) in [5.41, 5.74) is 10.5. The Hall–Kier alpha value is -1.11. The first kappa shape index (κ1) is 15.9. The van der Waals surface area contributed by atoms with E-state index in [1.807, 2.05) is 13.8 Å². The van der Waals surface area contributed by atoms with Gasteiger partial charge in [-0.2, -0.15) is 0 Å². The lowest BCUT2D eigenvalue weighted by Gasteiger charge is -2.23. The molecule has 5 N–H and O–H groups in total. The number of hydrogen-bond acceptors (Lipinski definition) is 4. The van der Waals surface area contributed by atoms with Crippen molar-refractivity contribution < 1.29 is 9.59 Å². The zero-order valence-corrected chi connectivity index (χ0v) is 11.3. The highest BCUT2D eigenvalue weighted by molar-refractivity contribution is 7.12. The summed E-state index contributed by atoms with van der Waals surface area (Å²) < 4.78 is 0. The van der Waals surface area contributed by atoms with Crippen LogP contribution in [0.5, 0.6) is 0 Å². The third-order valence-corrected chi connectivity index (χ3v) is 3.00. The van der Waals surface area contributed by atoms with Gasteiger partial charge in [-0.25, -0.2) is 0 Å². The fraction of sp³-hybridized carbons (Fsp3) is 0.400. The number of carbonyl (C=O) groups excluding carboxylic acids is 2. The predicted molar refractivity (Wildman–Crippen MR) is 70.7 cm³/mol. The normalized spacial score (nSPS) is 10.5. The minimum absolute atomic E-state index is 0. The molecule has 17 heavy (non-hydrogen) atoms. The monoisotopic (exact) mass is 277 g/mol. The van der Waals surface area contributed by atoms with Crippen molar-refractivity contribution in [2.45, 2.75) is 19.4 Å². The number of amides is 2. The van der Waals surface area contributed by atoms with Crippen molar-refractivity contribution in [3.63, 3.8) is 0 Å². The topological polar surface area (TPSA) is 98.2 Å². The summed E-state index contributed by atoms with van der Waals surface area (Å²) in [6.45, 7) is 3.99. The van der Waals surface area contributed by atoms with E-state index in [9.17, 15) is 9.59 Å². The van der Waals surface area contributed by atoms with E-state index in [4.69, 9.17) is 11.5 Å². The second-order valence-corrected chi connectivity index (χ2v) is 5.02. The first-order valence-electron chi connectivity index (χ1n) is 4.76. The Morgan fingerprint density at radius 2 is 2.06 bits per heavy atom. The highest BCUT2D eigenvalue weighted by Gasteiger charge is 2.20. The maximum Gasteiger partial charge on any atom is 0.261 e. The van der Waals surface area contributed by atoms with Gasteiger partial charge in [0.1, 0.15) is 0 Å². The van der Waals surface area contributed by atoms with Crippen molar-refractivity contribution in [2.24, 2.45) is 11.5 Å². The number of thiophene rings is 1. The molecule has 0 aliphatic heterocycles. The zero-order valence-electron chi connectivity index (χ0n) is 9.65. The third kappa shape index (κ3) is 4.33. The fourth-order valence-electron chi connectivity index (χ4n) is 1.00. The lowest BCUT2D eigenvalue weighted by Crippen LogP contribution is -2.48. The van der Waals surface area contributed by atoms with E-state index >= 15 is 0 Å². The third-order valence-electron chi connectivity index (χ3n) is 2.07. The number of carbonyl (C=O) groups is 2. The Kier molecular flexibility index (Phi) is 5.60. The summed E-state index contributed by atoms with van der Waals surface area (Å²) in [4.78, 5) is 23.1. The van der Waals surface area contributed by atoms with E-state index < -0.39 is 11.4 Å². The van der Waals surface area contributed by atoms with Gasteiger partial charge < -0.3 is 16.8 Å². The summed E-state index contributed by atoms with van der Waals surface area (Å²) >= 11 is 1.18. The van der Waals surface area contributed by atoms with E-state index in [0.717, 1.165) is 0 Å². The molecule has 0 fully saturated rings. The minimum atomic E-state index is -0.534.